The summed E-state index contributed by atoms with van der Waals surface area (Å²) in [4.78, 5) is 26.4. The maximum absolute atomic E-state index is 12.6. The normalized spacial score (nSPS) is 25.3. The van der Waals surface area contributed by atoms with Gasteiger partial charge >= 0.3 is 5.97 Å². The summed E-state index contributed by atoms with van der Waals surface area (Å²) in [5, 5.41) is 9.00. The zero-order chi connectivity index (χ0) is 16.8. The van der Waals surface area contributed by atoms with Crippen LogP contribution in [-0.2, 0) is 19.1 Å². The lowest BCUT2D eigenvalue weighted by Gasteiger charge is -2.24. The minimum absolute atomic E-state index is 0.115. The number of ether oxygens (including phenoxy) is 2. The number of nitriles is 1. The van der Waals surface area contributed by atoms with Crippen LogP contribution in [0.15, 0.2) is 0 Å². The highest BCUT2D eigenvalue weighted by atomic mass is 32.2. The molecule has 1 saturated carbocycles. The largest absolute Gasteiger partial charge is 0.465 e. The molecule has 0 aromatic rings. The van der Waals surface area contributed by atoms with Gasteiger partial charge in [0.15, 0.2) is 0 Å². The maximum Gasteiger partial charge on any atom is 0.323 e. The standard InChI is InChI=1S/C16H24N2O4S/c1-3-21-8-7-13-15(19)18(12-5-6-12)14(23-13)9-11(10-17)16(20)22-4-2/h11-14H,3-9H2,1-2H3. The predicted molar refractivity (Wildman–Crippen MR) is 86.5 cm³/mol. The zero-order valence-electron chi connectivity index (χ0n) is 13.7. The third-order valence-corrected chi connectivity index (χ3v) is 5.49. The minimum atomic E-state index is -0.813. The van der Waals surface area contributed by atoms with Gasteiger partial charge in [0.25, 0.3) is 0 Å². The van der Waals surface area contributed by atoms with Crippen molar-refractivity contribution in [3.8, 4) is 6.07 Å². The van der Waals surface area contributed by atoms with Gasteiger partial charge < -0.3 is 14.4 Å². The fourth-order valence-electron chi connectivity index (χ4n) is 2.73. The number of esters is 1. The molecule has 0 radical (unpaired) electrons. The summed E-state index contributed by atoms with van der Waals surface area (Å²) >= 11 is 1.56. The van der Waals surface area contributed by atoms with E-state index in [0.717, 1.165) is 12.8 Å². The molecule has 23 heavy (non-hydrogen) atoms. The lowest BCUT2D eigenvalue weighted by molar-refractivity contribution is -0.146. The number of hydrogen-bond donors (Lipinski definition) is 0. The summed E-state index contributed by atoms with van der Waals surface area (Å²) in [6, 6.07) is 2.30. The van der Waals surface area contributed by atoms with Crippen LogP contribution in [0.25, 0.3) is 0 Å². The summed E-state index contributed by atoms with van der Waals surface area (Å²) in [7, 11) is 0. The fourth-order valence-corrected chi connectivity index (χ4v) is 4.29. The highest BCUT2D eigenvalue weighted by molar-refractivity contribution is 8.01. The van der Waals surface area contributed by atoms with Crippen LogP contribution < -0.4 is 0 Å². The van der Waals surface area contributed by atoms with E-state index >= 15 is 0 Å². The van der Waals surface area contributed by atoms with Crippen molar-refractivity contribution in [2.45, 2.75) is 56.2 Å². The first-order valence-corrected chi connectivity index (χ1v) is 9.18. The molecule has 2 fully saturated rings. The highest BCUT2D eigenvalue weighted by Gasteiger charge is 2.47. The molecule has 128 valence electrons. The molecule has 7 heteroatoms. The Balaban J connectivity index is 1.99. The van der Waals surface area contributed by atoms with E-state index in [2.05, 4.69) is 0 Å². The lowest BCUT2D eigenvalue weighted by atomic mass is 10.1. The highest BCUT2D eigenvalue weighted by Crippen LogP contribution is 2.43. The van der Waals surface area contributed by atoms with E-state index in [9.17, 15) is 14.9 Å². The van der Waals surface area contributed by atoms with Crippen molar-refractivity contribution in [2.75, 3.05) is 19.8 Å². The molecule has 0 bridgehead atoms. The molecule has 1 aliphatic heterocycles. The van der Waals surface area contributed by atoms with E-state index in [1.54, 1.807) is 18.7 Å². The average Bonchev–Trinajstić information content (AvgIpc) is 3.31. The molecule has 0 aromatic heterocycles. The second kappa shape index (κ2) is 8.55. The fraction of sp³-hybridized carbons (Fsp3) is 0.812. The third kappa shape index (κ3) is 4.61. The summed E-state index contributed by atoms with van der Waals surface area (Å²) < 4.78 is 10.3. The monoisotopic (exact) mass is 340 g/mol. The van der Waals surface area contributed by atoms with E-state index in [-0.39, 0.29) is 29.2 Å². The number of carbonyl (C=O) groups is 2. The van der Waals surface area contributed by atoms with E-state index in [1.165, 1.54) is 0 Å². The van der Waals surface area contributed by atoms with Gasteiger partial charge in [0, 0.05) is 25.7 Å². The van der Waals surface area contributed by atoms with Crippen molar-refractivity contribution in [2.24, 2.45) is 5.92 Å². The number of hydrogen-bond acceptors (Lipinski definition) is 6. The van der Waals surface area contributed by atoms with Crippen LogP contribution in [-0.4, -0.2) is 53.3 Å². The first-order valence-electron chi connectivity index (χ1n) is 8.23. The van der Waals surface area contributed by atoms with Crippen LogP contribution in [0.5, 0.6) is 0 Å². The first kappa shape index (κ1) is 18.1. The van der Waals surface area contributed by atoms with Crippen LogP contribution in [0, 0.1) is 17.2 Å². The van der Waals surface area contributed by atoms with Gasteiger partial charge in [0.2, 0.25) is 5.91 Å². The number of amides is 1. The van der Waals surface area contributed by atoms with Gasteiger partial charge in [-0.3, -0.25) is 9.59 Å². The Kier molecular flexibility index (Phi) is 6.72. The zero-order valence-corrected chi connectivity index (χ0v) is 14.5. The second-order valence-corrected chi connectivity index (χ2v) is 7.10. The van der Waals surface area contributed by atoms with Crippen molar-refractivity contribution in [1.82, 2.24) is 4.90 Å². The van der Waals surface area contributed by atoms with Gasteiger partial charge in [0.05, 0.1) is 23.3 Å². The van der Waals surface area contributed by atoms with Crippen LogP contribution in [0.3, 0.4) is 0 Å². The number of thioether (sulfide) groups is 1. The third-order valence-electron chi connectivity index (χ3n) is 3.99. The smallest absolute Gasteiger partial charge is 0.323 e. The van der Waals surface area contributed by atoms with Crippen LogP contribution in [0.1, 0.15) is 39.5 Å². The van der Waals surface area contributed by atoms with Gasteiger partial charge in [-0.05, 0) is 33.1 Å². The molecule has 0 aromatic carbocycles. The van der Waals surface area contributed by atoms with Crippen molar-refractivity contribution < 1.29 is 19.1 Å². The number of rotatable bonds is 9. The van der Waals surface area contributed by atoms with Crippen LogP contribution in [0.4, 0.5) is 0 Å². The first-order chi connectivity index (χ1) is 11.1. The van der Waals surface area contributed by atoms with Crippen molar-refractivity contribution in [3.05, 3.63) is 0 Å². The summed E-state index contributed by atoms with van der Waals surface area (Å²) in [6.45, 7) is 5.11. The predicted octanol–water partition coefficient (Wildman–Crippen LogP) is 1.94. The molecule has 1 amide bonds. The average molecular weight is 340 g/mol. The summed E-state index contributed by atoms with van der Waals surface area (Å²) in [5.41, 5.74) is 0. The molecule has 1 saturated heterocycles. The molecular formula is C16H24N2O4S. The number of nitrogens with zero attached hydrogens (tertiary/aromatic N) is 2. The van der Waals surface area contributed by atoms with Gasteiger partial charge in [-0.1, -0.05) is 0 Å². The van der Waals surface area contributed by atoms with E-state index in [0.29, 0.717) is 26.1 Å². The van der Waals surface area contributed by atoms with Crippen LogP contribution in [0.2, 0.25) is 0 Å². The molecule has 1 heterocycles. The van der Waals surface area contributed by atoms with E-state index < -0.39 is 11.9 Å². The number of carbonyl (C=O) groups excluding carboxylic acids is 2. The minimum Gasteiger partial charge on any atom is -0.465 e. The molecule has 3 unspecified atom stereocenters. The van der Waals surface area contributed by atoms with Crippen molar-refractivity contribution >= 4 is 23.6 Å². The summed E-state index contributed by atoms with van der Waals surface area (Å²) in [5.74, 6) is -1.17. The molecule has 2 rings (SSSR count). The van der Waals surface area contributed by atoms with Crippen LogP contribution >= 0.6 is 11.8 Å². The molecule has 1 aliphatic carbocycles. The molecule has 0 spiro atoms. The molecule has 3 atom stereocenters. The lowest BCUT2D eigenvalue weighted by Crippen LogP contribution is -2.38. The van der Waals surface area contributed by atoms with Gasteiger partial charge in [-0.2, -0.15) is 5.26 Å². The van der Waals surface area contributed by atoms with Crippen molar-refractivity contribution in [1.29, 1.82) is 5.26 Å². The molecule has 2 aliphatic rings. The van der Waals surface area contributed by atoms with Crippen molar-refractivity contribution in [3.63, 3.8) is 0 Å². The Labute approximate surface area is 141 Å². The second-order valence-electron chi connectivity index (χ2n) is 5.71. The van der Waals surface area contributed by atoms with E-state index in [1.807, 2.05) is 17.9 Å². The maximum atomic E-state index is 12.6. The molecule has 6 nitrogen and oxygen atoms in total. The van der Waals surface area contributed by atoms with Gasteiger partial charge in [0.1, 0.15) is 5.92 Å². The van der Waals surface area contributed by atoms with E-state index in [4.69, 9.17) is 9.47 Å². The Hall–Kier alpha value is -1.26. The molecule has 0 N–H and O–H groups in total. The Morgan fingerprint density at radius 1 is 1.43 bits per heavy atom. The van der Waals surface area contributed by atoms with Gasteiger partial charge in [-0.25, -0.2) is 0 Å². The van der Waals surface area contributed by atoms with Gasteiger partial charge in [-0.15, -0.1) is 11.8 Å². The Bertz CT molecular complexity index is 475. The SMILES string of the molecule is CCOCCC1SC(CC(C#N)C(=O)OCC)N(C2CC2)C1=O. The Morgan fingerprint density at radius 2 is 2.17 bits per heavy atom. The Morgan fingerprint density at radius 3 is 2.74 bits per heavy atom. The molecular weight excluding hydrogens is 316 g/mol. The quantitative estimate of drug-likeness (QED) is 0.471. The topological polar surface area (TPSA) is 79.6 Å². The summed E-state index contributed by atoms with van der Waals surface area (Å²) in [6.07, 6.45) is 3.04.